The van der Waals surface area contributed by atoms with Crippen LogP contribution in [0.5, 0.6) is 0 Å². The molecule has 0 spiro atoms. The second kappa shape index (κ2) is 8.43. The summed E-state index contributed by atoms with van der Waals surface area (Å²) >= 11 is 0.854. The van der Waals surface area contributed by atoms with E-state index in [1.54, 1.807) is 6.08 Å². The molecule has 2 aromatic rings. The highest BCUT2D eigenvalue weighted by Gasteiger charge is 2.36. The first kappa shape index (κ1) is 19.2. The molecule has 0 radical (unpaired) electrons. The third-order valence-electron chi connectivity index (χ3n) is 4.37. The molecule has 1 aromatic heterocycles. The van der Waals surface area contributed by atoms with Crippen molar-refractivity contribution in [3.05, 3.63) is 40.9 Å². The number of amides is 2. The van der Waals surface area contributed by atoms with Crippen molar-refractivity contribution in [1.82, 2.24) is 9.47 Å². The number of hydrogen-bond donors (Lipinski definition) is 0. The molecule has 0 N–H and O–H groups in total. The highest BCUT2D eigenvalue weighted by Crippen LogP contribution is 2.34. The van der Waals surface area contributed by atoms with Gasteiger partial charge in [-0.3, -0.25) is 19.3 Å². The van der Waals surface area contributed by atoms with Gasteiger partial charge in [-0.2, -0.15) is 0 Å². The molecule has 27 heavy (non-hydrogen) atoms. The summed E-state index contributed by atoms with van der Waals surface area (Å²) in [5.74, 6) is -1.01. The molecule has 1 fully saturated rings. The van der Waals surface area contributed by atoms with Crippen molar-refractivity contribution in [3.8, 4) is 0 Å². The SMILES string of the molecule is CCCCOC(=O)CN1C(=O)S/C(=C\c2cn(CC)c3ccccc23)C1=O. The van der Waals surface area contributed by atoms with E-state index in [-0.39, 0.29) is 6.54 Å². The Morgan fingerprint density at radius 3 is 2.74 bits per heavy atom. The van der Waals surface area contributed by atoms with Gasteiger partial charge in [-0.05, 0) is 37.2 Å². The summed E-state index contributed by atoms with van der Waals surface area (Å²) in [4.78, 5) is 37.9. The average Bonchev–Trinajstić information content (AvgIpc) is 3.15. The highest BCUT2D eigenvalue weighted by molar-refractivity contribution is 8.18. The van der Waals surface area contributed by atoms with E-state index in [0.29, 0.717) is 11.5 Å². The fraction of sp³-hybridized carbons (Fsp3) is 0.350. The summed E-state index contributed by atoms with van der Waals surface area (Å²) in [6, 6.07) is 7.92. The number of unbranched alkanes of at least 4 members (excludes halogenated alkanes) is 1. The van der Waals surface area contributed by atoms with E-state index < -0.39 is 17.1 Å². The highest BCUT2D eigenvalue weighted by atomic mass is 32.2. The second-order valence-corrected chi connectivity index (χ2v) is 7.22. The van der Waals surface area contributed by atoms with E-state index in [1.165, 1.54) is 0 Å². The zero-order valence-electron chi connectivity index (χ0n) is 15.4. The van der Waals surface area contributed by atoms with E-state index in [2.05, 4.69) is 4.57 Å². The van der Waals surface area contributed by atoms with Gasteiger partial charge in [0.05, 0.1) is 11.5 Å². The monoisotopic (exact) mass is 386 g/mol. The molecule has 2 amide bonds. The first-order valence-corrected chi connectivity index (χ1v) is 9.85. The smallest absolute Gasteiger partial charge is 0.326 e. The minimum absolute atomic E-state index is 0.303. The van der Waals surface area contributed by atoms with Crippen molar-refractivity contribution < 1.29 is 19.1 Å². The van der Waals surface area contributed by atoms with Crippen molar-refractivity contribution in [2.24, 2.45) is 0 Å². The molecule has 1 aliphatic heterocycles. The van der Waals surface area contributed by atoms with Gasteiger partial charge in [0.25, 0.3) is 11.1 Å². The first-order valence-electron chi connectivity index (χ1n) is 9.04. The Balaban J connectivity index is 1.80. The average molecular weight is 386 g/mol. The molecule has 1 aromatic carbocycles. The standard InChI is InChI=1S/C20H22N2O4S/c1-3-5-10-26-18(23)13-22-19(24)17(27-20(22)25)11-14-12-21(4-2)16-9-7-6-8-15(14)16/h6-9,11-12H,3-5,10,13H2,1-2H3/b17-11-. The molecule has 142 valence electrons. The number of fused-ring (bicyclic) bond motifs is 1. The molecule has 1 aliphatic rings. The third kappa shape index (κ3) is 4.08. The predicted octanol–water partition coefficient (Wildman–Crippen LogP) is 4.04. The molecular formula is C20H22N2O4S. The number of nitrogens with zero attached hydrogens (tertiary/aromatic N) is 2. The van der Waals surface area contributed by atoms with Crippen molar-refractivity contribution in [2.45, 2.75) is 33.2 Å². The quantitative estimate of drug-likeness (QED) is 0.408. The maximum absolute atomic E-state index is 12.6. The maximum atomic E-state index is 12.6. The maximum Gasteiger partial charge on any atom is 0.326 e. The Bertz CT molecular complexity index is 916. The van der Waals surface area contributed by atoms with Gasteiger partial charge in [-0.1, -0.05) is 31.5 Å². The van der Waals surface area contributed by atoms with E-state index in [1.807, 2.05) is 44.3 Å². The van der Waals surface area contributed by atoms with Crippen LogP contribution in [0.3, 0.4) is 0 Å². The van der Waals surface area contributed by atoms with Gasteiger partial charge in [-0.25, -0.2) is 0 Å². The van der Waals surface area contributed by atoms with Gasteiger partial charge in [0.1, 0.15) is 6.54 Å². The largest absolute Gasteiger partial charge is 0.464 e. The number of thioether (sulfide) groups is 1. The van der Waals surface area contributed by atoms with E-state index >= 15 is 0 Å². The Kier molecular flexibility index (Phi) is 6.01. The summed E-state index contributed by atoms with van der Waals surface area (Å²) < 4.78 is 7.15. The Hall–Kier alpha value is -2.54. The molecule has 0 bridgehead atoms. The predicted molar refractivity (Wildman–Crippen MR) is 106 cm³/mol. The molecular weight excluding hydrogens is 364 g/mol. The number of carbonyl (C=O) groups excluding carboxylic acids is 3. The Labute approximate surface area is 162 Å². The van der Waals surface area contributed by atoms with Crippen LogP contribution in [0.15, 0.2) is 35.4 Å². The van der Waals surface area contributed by atoms with Crippen molar-refractivity contribution in [1.29, 1.82) is 0 Å². The number of carbonyl (C=O) groups is 3. The van der Waals surface area contributed by atoms with Crippen LogP contribution in [0.4, 0.5) is 4.79 Å². The zero-order valence-corrected chi connectivity index (χ0v) is 16.3. The number of aryl methyl sites for hydroxylation is 1. The molecule has 0 saturated carbocycles. The van der Waals surface area contributed by atoms with Crippen LogP contribution in [0, 0.1) is 0 Å². The third-order valence-corrected chi connectivity index (χ3v) is 5.28. The molecule has 2 heterocycles. The van der Waals surface area contributed by atoms with E-state index in [0.717, 1.165) is 52.5 Å². The minimum atomic E-state index is -0.561. The molecule has 6 nitrogen and oxygen atoms in total. The number of hydrogen-bond acceptors (Lipinski definition) is 5. The van der Waals surface area contributed by atoms with Crippen LogP contribution in [-0.2, 0) is 20.9 Å². The minimum Gasteiger partial charge on any atom is -0.464 e. The molecule has 1 saturated heterocycles. The number of esters is 1. The lowest BCUT2D eigenvalue weighted by atomic mass is 10.1. The first-order chi connectivity index (χ1) is 13.0. The molecule has 3 rings (SSSR count). The van der Waals surface area contributed by atoms with Crippen molar-refractivity contribution in [3.63, 3.8) is 0 Å². The molecule has 0 aliphatic carbocycles. The second-order valence-electron chi connectivity index (χ2n) is 6.23. The van der Waals surface area contributed by atoms with Crippen LogP contribution in [0.1, 0.15) is 32.3 Å². The number of benzene rings is 1. The van der Waals surface area contributed by atoms with Gasteiger partial charge in [0.2, 0.25) is 0 Å². The van der Waals surface area contributed by atoms with Crippen LogP contribution < -0.4 is 0 Å². The summed E-state index contributed by atoms with van der Waals surface area (Å²) in [5.41, 5.74) is 1.95. The van der Waals surface area contributed by atoms with Crippen LogP contribution in [-0.4, -0.2) is 39.7 Å². The summed E-state index contributed by atoms with van der Waals surface area (Å²) in [6.45, 7) is 4.80. The van der Waals surface area contributed by atoms with E-state index in [9.17, 15) is 14.4 Å². The van der Waals surface area contributed by atoms with Crippen LogP contribution >= 0.6 is 11.8 Å². The van der Waals surface area contributed by atoms with Gasteiger partial charge in [0.15, 0.2) is 0 Å². The van der Waals surface area contributed by atoms with Gasteiger partial charge < -0.3 is 9.30 Å². The fourth-order valence-electron chi connectivity index (χ4n) is 2.93. The Morgan fingerprint density at radius 1 is 1.22 bits per heavy atom. The summed E-state index contributed by atoms with van der Waals surface area (Å²) in [5, 5.41) is 0.572. The van der Waals surface area contributed by atoms with Crippen LogP contribution in [0.25, 0.3) is 17.0 Å². The van der Waals surface area contributed by atoms with Crippen LogP contribution in [0.2, 0.25) is 0 Å². The molecule has 0 atom stereocenters. The number of ether oxygens (including phenoxy) is 1. The fourth-order valence-corrected chi connectivity index (χ4v) is 3.76. The molecule has 0 unspecified atom stereocenters. The lowest BCUT2D eigenvalue weighted by Crippen LogP contribution is -2.34. The van der Waals surface area contributed by atoms with Crippen molar-refractivity contribution in [2.75, 3.05) is 13.2 Å². The van der Waals surface area contributed by atoms with E-state index in [4.69, 9.17) is 4.74 Å². The number of aromatic nitrogens is 1. The summed E-state index contributed by atoms with van der Waals surface area (Å²) in [7, 11) is 0. The zero-order chi connectivity index (χ0) is 19.4. The number of para-hydroxylation sites is 1. The summed E-state index contributed by atoms with van der Waals surface area (Å²) in [6.07, 6.45) is 5.36. The topological polar surface area (TPSA) is 68.6 Å². The number of rotatable bonds is 7. The lowest BCUT2D eigenvalue weighted by Gasteiger charge is -2.11. The number of imide groups is 1. The van der Waals surface area contributed by atoms with Gasteiger partial charge in [-0.15, -0.1) is 0 Å². The normalized spacial score (nSPS) is 15.9. The van der Waals surface area contributed by atoms with Gasteiger partial charge >= 0.3 is 5.97 Å². The lowest BCUT2D eigenvalue weighted by molar-refractivity contribution is -0.146. The Morgan fingerprint density at radius 2 is 2.00 bits per heavy atom. The molecule has 7 heteroatoms. The van der Waals surface area contributed by atoms with Gasteiger partial charge in [0, 0.05) is 29.2 Å². The van der Waals surface area contributed by atoms with Crippen molar-refractivity contribution >= 4 is 45.9 Å².